The first-order valence-corrected chi connectivity index (χ1v) is 10.6. The molecular weight excluding hydrogens is 398 g/mol. The highest BCUT2D eigenvalue weighted by Crippen LogP contribution is 2.42. The summed E-state index contributed by atoms with van der Waals surface area (Å²) in [4.78, 5) is 25.7. The molecule has 3 aliphatic rings. The molecule has 3 fully saturated rings. The highest BCUT2D eigenvalue weighted by molar-refractivity contribution is 5.89. The monoisotopic (exact) mass is 425 g/mol. The molecule has 6 atom stereocenters. The zero-order valence-corrected chi connectivity index (χ0v) is 17.6. The largest absolute Gasteiger partial charge is 0.352 e. The van der Waals surface area contributed by atoms with Gasteiger partial charge in [-0.05, 0) is 24.0 Å². The zero-order chi connectivity index (χ0) is 19.8. The number of benzene rings is 2. The van der Waals surface area contributed by atoms with Gasteiger partial charge in [0.1, 0.15) is 0 Å². The fourth-order valence-corrected chi connectivity index (χ4v) is 4.66. The maximum absolute atomic E-state index is 12.8. The summed E-state index contributed by atoms with van der Waals surface area (Å²) >= 11 is 0. The number of hydrogen-bond acceptors (Lipinski definition) is 3. The van der Waals surface area contributed by atoms with E-state index in [0.717, 1.165) is 12.8 Å². The molecule has 2 amide bonds. The molecule has 30 heavy (non-hydrogen) atoms. The van der Waals surface area contributed by atoms with Crippen molar-refractivity contribution in [3.63, 3.8) is 0 Å². The van der Waals surface area contributed by atoms with Crippen molar-refractivity contribution in [3.8, 4) is 0 Å². The normalized spacial score (nSPS) is 31.3. The number of carbonyl (C=O) groups is 2. The molecule has 0 aromatic heterocycles. The zero-order valence-electron chi connectivity index (χ0n) is 16.8. The standard InChI is InChI=1S/C24H27N3O2.ClH/c28-23(26-21-11-17(21)15-7-3-1-4-8-15)19-13-25-14-20(19)24(29)27-22-12-18(22)16-9-5-2-6-10-16;/h1-10,17-22,25H,11-14H2,(H,26,28)(H,27,29);1H/t17-,18-,19?,20?,21+,22+;/m1./s1. The summed E-state index contributed by atoms with van der Waals surface area (Å²) in [7, 11) is 0. The summed E-state index contributed by atoms with van der Waals surface area (Å²) in [6.07, 6.45) is 1.96. The number of amides is 2. The number of nitrogens with one attached hydrogen (secondary N) is 3. The Balaban J connectivity index is 0.00000218. The van der Waals surface area contributed by atoms with Crippen LogP contribution in [0.2, 0.25) is 0 Å². The third-order valence-corrected chi connectivity index (χ3v) is 6.58. The van der Waals surface area contributed by atoms with Crippen LogP contribution in [-0.2, 0) is 9.59 Å². The second-order valence-electron chi connectivity index (χ2n) is 8.61. The fraction of sp³-hybridized carbons (Fsp3) is 0.417. The molecule has 2 unspecified atom stereocenters. The van der Waals surface area contributed by atoms with Crippen LogP contribution >= 0.6 is 12.4 Å². The van der Waals surface area contributed by atoms with E-state index in [9.17, 15) is 9.59 Å². The van der Waals surface area contributed by atoms with Crippen LogP contribution < -0.4 is 16.0 Å². The molecule has 0 bridgehead atoms. The molecule has 158 valence electrons. The van der Waals surface area contributed by atoms with Gasteiger partial charge in [-0.2, -0.15) is 0 Å². The van der Waals surface area contributed by atoms with Gasteiger partial charge in [0.25, 0.3) is 0 Å². The van der Waals surface area contributed by atoms with Crippen molar-refractivity contribution in [2.75, 3.05) is 13.1 Å². The van der Waals surface area contributed by atoms with Crippen molar-refractivity contribution in [3.05, 3.63) is 71.8 Å². The Hall–Kier alpha value is -2.37. The molecule has 1 saturated heterocycles. The fourth-order valence-electron chi connectivity index (χ4n) is 4.66. The topological polar surface area (TPSA) is 70.2 Å². The molecule has 5 nitrogen and oxygen atoms in total. The molecule has 2 saturated carbocycles. The molecule has 6 heteroatoms. The van der Waals surface area contributed by atoms with Gasteiger partial charge in [0.2, 0.25) is 11.8 Å². The van der Waals surface area contributed by atoms with Crippen molar-refractivity contribution in [1.29, 1.82) is 0 Å². The van der Waals surface area contributed by atoms with Crippen molar-refractivity contribution >= 4 is 24.2 Å². The summed E-state index contributed by atoms with van der Waals surface area (Å²) in [5.41, 5.74) is 2.55. The Labute approximate surface area is 183 Å². The minimum atomic E-state index is -0.291. The molecular formula is C24H28ClN3O2. The van der Waals surface area contributed by atoms with E-state index in [0.29, 0.717) is 24.9 Å². The maximum atomic E-state index is 12.8. The number of rotatable bonds is 6. The van der Waals surface area contributed by atoms with Gasteiger partial charge >= 0.3 is 0 Å². The van der Waals surface area contributed by atoms with E-state index in [1.807, 2.05) is 36.4 Å². The first-order valence-electron chi connectivity index (χ1n) is 10.6. The molecule has 0 spiro atoms. The van der Waals surface area contributed by atoms with Crippen molar-refractivity contribution in [2.24, 2.45) is 11.8 Å². The van der Waals surface area contributed by atoms with E-state index in [1.54, 1.807) is 0 Å². The van der Waals surface area contributed by atoms with Crippen LogP contribution in [0.15, 0.2) is 60.7 Å². The molecule has 3 N–H and O–H groups in total. The number of hydrogen-bond donors (Lipinski definition) is 3. The Morgan fingerprint density at radius 1 is 0.700 bits per heavy atom. The summed E-state index contributed by atoms with van der Waals surface area (Å²) in [5.74, 6) is 0.240. The number of carbonyl (C=O) groups excluding carboxylic acids is 2. The second-order valence-corrected chi connectivity index (χ2v) is 8.61. The van der Waals surface area contributed by atoms with Gasteiger partial charge in [0.15, 0.2) is 0 Å². The van der Waals surface area contributed by atoms with E-state index in [2.05, 4.69) is 40.2 Å². The molecule has 2 aliphatic carbocycles. The first kappa shape index (κ1) is 20.9. The predicted octanol–water partition coefficient (Wildman–Crippen LogP) is 2.59. The molecule has 5 rings (SSSR count). The highest BCUT2D eigenvalue weighted by atomic mass is 35.5. The van der Waals surface area contributed by atoms with E-state index < -0.39 is 0 Å². The van der Waals surface area contributed by atoms with Crippen molar-refractivity contribution in [2.45, 2.75) is 36.8 Å². The Morgan fingerprint density at radius 3 is 1.50 bits per heavy atom. The van der Waals surface area contributed by atoms with Gasteiger partial charge in [0, 0.05) is 37.0 Å². The van der Waals surface area contributed by atoms with Gasteiger partial charge in [-0.1, -0.05) is 60.7 Å². The highest BCUT2D eigenvalue weighted by Gasteiger charge is 2.46. The lowest BCUT2D eigenvalue weighted by Gasteiger charge is -2.18. The third kappa shape index (κ3) is 4.37. The van der Waals surface area contributed by atoms with Gasteiger partial charge in [0.05, 0.1) is 11.8 Å². The Morgan fingerprint density at radius 2 is 1.10 bits per heavy atom. The lowest BCUT2D eigenvalue weighted by Crippen LogP contribution is -2.43. The summed E-state index contributed by atoms with van der Waals surface area (Å²) in [6.45, 7) is 1.14. The lowest BCUT2D eigenvalue weighted by atomic mass is 9.94. The lowest BCUT2D eigenvalue weighted by molar-refractivity contribution is -0.133. The molecule has 2 aromatic rings. The summed E-state index contributed by atoms with van der Waals surface area (Å²) in [5, 5.41) is 9.58. The third-order valence-electron chi connectivity index (χ3n) is 6.58. The van der Waals surface area contributed by atoms with E-state index >= 15 is 0 Å². The van der Waals surface area contributed by atoms with Crippen LogP contribution in [0.3, 0.4) is 0 Å². The minimum absolute atomic E-state index is 0. The van der Waals surface area contributed by atoms with Crippen LogP contribution in [0.5, 0.6) is 0 Å². The van der Waals surface area contributed by atoms with E-state index in [-0.39, 0.29) is 48.1 Å². The summed E-state index contributed by atoms with van der Waals surface area (Å²) in [6, 6.07) is 21.0. The van der Waals surface area contributed by atoms with Crippen LogP contribution in [-0.4, -0.2) is 37.0 Å². The molecule has 1 heterocycles. The smallest absolute Gasteiger partial charge is 0.225 e. The Kier molecular flexibility index (Phi) is 6.11. The SMILES string of the molecule is Cl.O=C(N[C@H]1C[C@@H]1c1ccccc1)C1CNCC1C(=O)N[C@H]1C[C@@H]1c1ccccc1. The summed E-state index contributed by atoms with van der Waals surface area (Å²) < 4.78 is 0. The quantitative estimate of drug-likeness (QED) is 0.666. The van der Waals surface area contributed by atoms with Gasteiger partial charge in [-0.25, -0.2) is 0 Å². The minimum Gasteiger partial charge on any atom is -0.352 e. The van der Waals surface area contributed by atoms with Crippen LogP contribution in [0.25, 0.3) is 0 Å². The predicted molar refractivity (Wildman–Crippen MR) is 119 cm³/mol. The van der Waals surface area contributed by atoms with E-state index in [1.165, 1.54) is 11.1 Å². The van der Waals surface area contributed by atoms with Gasteiger partial charge in [-0.15, -0.1) is 12.4 Å². The van der Waals surface area contributed by atoms with Gasteiger partial charge in [-0.3, -0.25) is 9.59 Å². The molecule has 1 aliphatic heterocycles. The Bertz CT molecular complexity index is 818. The average molecular weight is 426 g/mol. The van der Waals surface area contributed by atoms with Crippen LogP contribution in [0.1, 0.15) is 35.8 Å². The average Bonchev–Trinajstić information content (AvgIpc) is 3.65. The number of halogens is 1. The van der Waals surface area contributed by atoms with E-state index in [4.69, 9.17) is 0 Å². The van der Waals surface area contributed by atoms with Crippen molar-refractivity contribution < 1.29 is 9.59 Å². The maximum Gasteiger partial charge on any atom is 0.225 e. The van der Waals surface area contributed by atoms with Crippen molar-refractivity contribution in [1.82, 2.24) is 16.0 Å². The second kappa shape index (κ2) is 8.78. The molecule has 0 radical (unpaired) electrons. The molecule has 2 aromatic carbocycles. The van der Waals surface area contributed by atoms with Crippen LogP contribution in [0.4, 0.5) is 0 Å². The van der Waals surface area contributed by atoms with Crippen LogP contribution in [0, 0.1) is 11.8 Å². The van der Waals surface area contributed by atoms with Gasteiger partial charge < -0.3 is 16.0 Å². The first-order chi connectivity index (χ1) is 14.2.